The molecule has 3 rings (SSSR count). The Hall–Kier alpha value is -2.28. The van der Waals surface area contributed by atoms with E-state index in [1.54, 1.807) is 24.3 Å². The summed E-state index contributed by atoms with van der Waals surface area (Å²) in [6, 6.07) is 7.24. The number of H-pyrrole nitrogens is 1. The number of aromatic nitrogens is 4. The first kappa shape index (κ1) is 13.7. The van der Waals surface area contributed by atoms with Crippen LogP contribution in [0, 0.1) is 0 Å². The summed E-state index contributed by atoms with van der Waals surface area (Å²) in [7, 11) is 0. The molecule has 1 saturated carbocycles. The van der Waals surface area contributed by atoms with Crippen LogP contribution in [0.4, 0.5) is 0 Å². The van der Waals surface area contributed by atoms with Crippen molar-refractivity contribution in [3.63, 3.8) is 0 Å². The predicted molar refractivity (Wildman–Crippen MR) is 75.3 cm³/mol. The van der Waals surface area contributed by atoms with Crippen LogP contribution >= 0.6 is 0 Å². The molecule has 1 heterocycles. The van der Waals surface area contributed by atoms with Gasteiger partial charge < -0.3 is 10.4 Å². The Bertz CT molecular complexity index is 588. The number of hydrogen-bond acceptors (Lipinski definition) is 5. The molecule has 0 spiro atoms. The van der Waals surface area contributed by atoms with Crippen LogP contribution < -0.4 is 5.32 Å². The van der Waals surface area contributed by atoms with Gasteiger partial charge in [-0.2, -0.15) is 5.21 Å². The van der Waals surface area contributed by atoms with Crippen molar-refractivity contribution in [1.29, 1.82) is 0 Å². The molecule has 1 aliphatic carbocycles. The lowest BCUT2D eigenvalue weighted by Gasteiger charge is -2.26. The van der Waals surface area contributed by atoms with E-state index in [9.17, 15) is 9.90 Å². The lowest BCUT2D eigenvalue weighted by Crippen LogP contribution is -2.38. The van der Waals surface area contributed by atoms with Crippen molar-refractivity contribution in [2.75, 3.05) is 0 Å². The molecule has 1 aliphatic rings. The van der Waals surface area contributed by atoms with E-state index in [4.69, 9.17) is 0 Å². The highest BCUT2D eigenvalue weighted by Gasteiger charge is 2.21. The number of nitrogens with zero attached hydrogens (tertiary/aromatic N) is 3. The fourth-order valence-electron chi connectivity index (χ4n) is 2.54. The van der Waals surface area contributed by atoms with Crippen molar-refractivity contribution in [3.8, 4) is 11.4 Å². The maximum absolute atomic E-state index is 12.2. The van der Waals surface area contributed by atoms with Gasteiger partial charge in [-0.1, -0.05) is 12.1 Å². The second-order valence-electron chi connectivity index (χ2n) is 5.29. The van der Waals surface area contributed by atoms with E-state index in [-0.39, 0.29) is 18.1 Å². The molecule has 7 heteroatoms. The molecule has 21 heavy (non-hydrogen) atoms. The van der Waals surface area contributed by atoms with Gasteiger partial charge in [-0.3, -0.25) is 4.79 Å². The monoisotopic (exact) mass is 287 g/mol. The van der Waals surface area contributed by atoms with Crippen LogP contribution in [0.1, 0.15) is 36.0 Å². The number of tetrazole rings is 1. The van der Waals surface area contributed by atoms with Gasteiger partial charge in [-0.25, -0.2) is 0 Å². The molecule has 0 atom stereocenters. The highest BCUT2D eigenvalue weighted by Crippen LogP contribution is 2.19. The van der Waals surface area contributed by atoms with Crippen LogP contribution in [0.2, 0.25) is 0 Å². The molecule has 1 aromatic carbocycles. The average Bonchev–Trinajstić information content (AvgIpc) is 3.04. The quantitative estimate of drug-likeness (QED) is 0.778. The van der Waals surface area contributed by atoms with Gasteiger partial charge in [0, 0.05) is 17.2 Å². The Kier molecular flexibility index (Phi) is 3.92. The smallest absolute Gasteiger partial charge is 0.251 e. The first-order valence-corrected chi connectivity index (χ1v) is 7.05. The van der Waals surface area contributed by atoms with E-state index in [1.807, 2.05) is 0 Å². The lowest BCUT2D eigenvalue weighted by atomic mass is 9.93. The molecule has 1 fully saturated rings. The minimum atomic E-state index is -0.215. The number of benzene rings is 1. The van der Waals surface area contributed by atoms with Crippen molar-refractivity contribution in [3.05, 3.63) is 29.8 Å². The van der Waals surface area contributed by atoms with Gasteiger partial charge in [0.1, 0.15) is 0 Å². The van der Waals surface area contributed by atoms with Crippen molar-refractivity contribution in [2.24, 2.45) is 0 Å². The topological polar surface area (TPSA) is 104 Å². The van der Waals surface area contributed by atoms with Crippen LogP contribution in [0.3, 0.4) is 0 Å². The van der Waals surface area contributed by atoms with Crippen LogP contribution in [-0.2, 0) is 0 Å². The molecular formula is C14H17N5O2. The molecule has 110 valence electrons. The van der Waals surface area contributed by atoms with E-state index < -0.39 is 0 Å². The van der Waals surface area contributed by atoms with Crippen LogP contribution in [0.25, 0.3) is 11.4 Å². The molecule has 3 N–H and O–H groups in total. The van der Waals surface area contributed by atoms with Gasteiger partial charge in [0.05, 0.1) is 6.10 Å². The average molecular weight is 287 g/mol. The zero-order valence-corrected chi connectivity index (χ0v) is 11.5. The summed E-state index contributed by atoms with van der Waals surface area (Å²) in [5.41, 5.74) is 1.41. The number of nitrogens with one attached hydrogen (secondary N) is 2. The summed E-state index contributed by atoms with van der Waals surface area (Å²) in [4.78, 5) is 12.2. The summed E-state index contributed by atoms with van der Waals surface area (Å²) in [5.74, 6) is 0.416. The number of hydrogen-bond donors (Lipinski definition) is 3. The van der Waals surface area contributed by atoms with Gasteiger partial charge in [0.25, 0.3) is 5.91 Å². The van der Waals surface area contributed by atoms with E-state index in [0.717, 1.165) is 31.2 Å². The molecule has 2 aromatic rings. The SMILES string of the molecule is O=C(NC1CCC(O)CC1)c1ccc(-c2nn[nH]n2)cc1. The summed E-state index contributed by atoms with van der Waals surface area (Å²) >= 11 is 0. The number of carbonyl (C=O) groups is 1. The second-order valence-corrected chi connectivity index (χ2v) is 5.29. The van der Waals surface area contributed by atoms with E-state index in [1.165, 1.54) is 0 Å². The van der Waals surface area contributed by atoms with Crippen molar-refractivity contribution >= 4 is 5.91 Å². The zero-order valence-electron chi connectivity index (χ0n) is 11.5. The third-order valence-electron chi connectivity index (χ3n) is 3.78. The maximum Gasteiger partial charge on any atom is 0.251 e. The summed E-state index contributed by atoms with van der Waals surface area (Å²) in [6.07, 6.45) is 2.94. The van der Waals surface area contributed by atoms with Gasteiger partial charge in [0.15, 0.2) is 0 Å². The zero-order chi connectivity index (χ0) is 14.7. The molecule has 7 nitrogen and oxygen atoms in total. The minimum Gasteiger partial charge on any atom is -0.393 e. The van der Waals surface area contributed by atoms with Gasteiger partial charge >= 0.3 is 0 Å². The van der Waals surface area contributed by atoms with Gasteiger partial charge in [-0.05, 0) is 43.0 Å². The molecule has 0 radical (unpaired) electrons. The number of rotatable bonds is 3. The molecular weight excluding hydrogens is 270 g/mol. The van der Waals surface area contributed by atoms with Crippen molar-refractivity contribution < 1.29 is 9.90 Å². The van der Waals surface area contributed by atoms with Crippen LogP contribution in [0.15, 0.2) is 24.3 Å². The number of amides is 1. The third-order valence-corrected chi connectivity index (χ3v) is 3.78. The molecule has 1 aromatic heterocycles. The molecule has 0 saturated heterocycles. The molecule has 1 amide bonds. The highest BCUT2D eigenvalue weighted by molar-refractivity contribution is 5.94. The lowest BCUT2D eigenvalue weighted by molar-refractivity contribution is 0.0867. The van der Waals surface area contributed by atoms with Crippen molar-refractivity contribution in [2.45, 2.75) is 37.8 Å². The first-order chi connectivity index (χ1) is 10.2. The Morgan fingerprint density at radius 2 is 1.90 bits per heavy atom. The van der Waals surface area contributed by atoms with Crippen molar-refractivity contribution in [1.82, 2.24) is 25.9 Å². The Balaban J connectivity index is 1.62. The first-order valence-electron chi connectivity index (χ1n) is 7.05. The van der Waals surface area contributed by atoms with Gasteiger partial charge in [-0.15, -0.1) is 10.2 Å². The summed E-state index contributed by atoms with van der Waals surface area (Å²) in [6.45, 7) is 0. The summed E-state index contributed by atoms with van der Waals surface area (Å²) < 4.78 is 0. The van der Waals surface area contributed by atoms with E-state index >= 15 is 0 Å². The second kappa shape index (κ2) is 6.01. The largest absolute Gasteiger partial charge is 0.393 e. The van der Waals surface area contributed by atoms with Gasteiger partial charge in [0.2, 0.25) is 5.82 Å². The number of aliphatic hydroxyl groups excluding tert-OH is 1. The molecule has 0 unspecified atom stereocenters. The van der Waals surface area contributed by atoms with E-state index in [0.29, 0.717) is 11.4 Å². The predicted octanol–water partition coefficient (Wildman–Crippen LogP) is 0.900. The molecule has 0 aliphatic heterocycles. The van der Waals surface area contributed by atoms with Crippen LogP contribution in [0.5, 0.6) is 0 Å². The Morgan fingerprint density at radius 1 is 1.19 bits per heavy atom. The standard InChI is InChI=1S/C14H17N5O2/c20-12-7-5-11(6-8-12)15-14(21)10-3-1-9(2-4-10)13-16-18-19-17-13/h1-4,11-12,20H,5-8H2,(H,15,21)(H,16,17,18,19). The number of aromatic amines is 1. The normalized spacial score (nSPS) is 22.0. The molecule has 0 bridgehead atoms. The Morgan fingerprint density at radius 3 is 2.52 bits per heavy atom. The minimum absolute atomic E-state index is 0.0870. The maximum atomic E-state index is 12.2. The summed E-state index contributed by atoms with van der Waals surface area (Å²) in [5, 5.41) is 26.2. The Labute approximate surface area is 121 Å². The fraction of sp³-hybridized carbons (Fsp3) is 0.429. The fourth-order valence-corrected chi connectivity index (χ4v) is 2.54. The third kappa shape index (κ3) is 3.25. The number of aliphatic hydroxyl groups is 1. The van der Waals surface area contributed by atoms with E-state index in [2.05, 4.69) is 25.9 Å². The highest BCUT2D eigenvalue weighted by atomic mass is 16.3. The number of carbonyl (C=O) groups excluding carboxylic acids is 1. The van der Waals surface area contributed by atoms with Crippen LogP contribution in [-0.4, -0.2) is 43.8 Å².